The fourth-order valence-electron chi connectivity index (χ4n) is 2.50. The van der Waals surface area contributed by atoms with Gasteiger partial charge in [0.05, 0.1) is 0 Å². The minimum atomic E-state index is -0.138. The van der Waals surface area contributed by atoms with Gasteiger partial charge in [0, 0.05) is 13.0 Å². The molecular weight excluding hydrogens is 213 g/mol. The molecule has 1 aliphatic rings. The van der Waals surface area contributed by atoms with E-state index in [2.05, 4.69) is 18.7 Å². The molecule has 0 radical (unpaired) electrons. The summed E-state index contributed by atoms with van der Waals surface area (Å²) >= 11 is 0. The van der Waals surface area contributed by atoms with Crippen molar-refractivity contribution in [3.8, 4) is 0 Å². The van der Waals surface area contributed by atoms with E-state index in [1.807, 2.05) is 0 Å². The van der Waals surface area contributed by atoms with Gasteiger partial charge >= 0.3 is 35.5 Å². The predicted molar refractivity (Wildman–Crippen MR) is 61.8 cm³/mol. The van der Waals surface area contributed by atoms with E-state index in [1.165, 1.54) is 19.8 Å². The summed E-state index contributed by atoms with van der Waals surface area (Å²) in [6.45, 7) is 8.17. The summed E-state index contributed by atoms with van der Waals surface area (Å²) < 4.78 is 5.23. The Hall–Kier alpha value is 0.430. The van der Waals surface area contributed by atoms with Gasteiger partial charge in [0.15, 0.2) is 0 Å². The van der Waals surface area contributed by atoms with E-state index < -0.39 is 0 Å². The molecule has 0 heterocycles. The fraction of sp³-hybridized carbons (Fsp3) is 0.917. The third-order valence-electron chi connectivity index (χ3n) is 3.31. The van der Waals surface area contributed by atoms with Crippen molar-refractivity contribution in [1.82, 2.24) is 4.90 Å². The zero-order valence-corrected chi connectivity index (χ0v) is 13.2. The van der Waals surface area contributed by atoms with Crippen LogP contribution in [0, 0.1) is 0 Å². The van der Waals surface area contributed by atoms with Crippen LogP contribution >= 0.6 is 0 Å². The summed E-state index contributed by atoms with van der Waals surface area (Å²) in [5.41, 5.74) is 0. The fourth-order valence-corrected chi connectivity index (χ4v) is 2.50. The summed E-state index contributed by atoms with van der Waals surface area (Å²) in [6, 6.07) is 0.701. The van der Waals surface area contributed by atoms with Crippen LogP contribution in [-0.2, 0) is 9.53 Å². The van der Waals surface area contributed by atoms with Gasteiger partial charge in [-0.05, 0) is 38.8 Å². The van der Waals surface area contributed by atoms with Crippen molar-refractivity contribution >= 4 is 5.97 Å². The van der Waals surface area contributed by atoms with Crippen molar-refractivity contribution in [1.29, 1.82) is 0 Å². The number of ether oxygens (including phenoxy) is 1. The zero-order chi connectivity index (χ0) is 11.3. The van der Waals surface area contributed by atoms with Gasteiger partial charge < -0.3 is 11.1 Å². The predicted octanol–water partition coefficient (Wildman–Crippen LogP) is -0.681. The maximum absolute atomic E-state index is 10.8. The first-order chi connectivity index (χ1) is 7.17. The van der Waals surface area contributed by atoms with E-state index in [0.29, 0.717) is 6.04 Å². The molecule has 0 N–H and O–H groups in total. The second-order valence-electron chi connectivity index (χ2n) is 4.26. The molecule has 0 aliphatic heterocycles. The Morgan fingerprint density at radius 1 is 1.25 bits per heavy atom. The molecule has 4 heteroatoms. The summed E-state index contributed by atoms with van der Waals surface area (Å²) in [7, 11) is 0. The van der Waals surface area contributed by atoms with Crippen LogP contribution in [0.3, 0.4) is 0 Å². The van der Waals surface area contributed by atoms with Crippen LogP contribution in [0.5, 0.6) is 0 Å². The first-order valence-corrected chi connectivity index (χ1v) is 6.08. The molecule has 0 unspecified atom stereocenters. The van der Waals surface area contributed by atoms with E-state index in [0.717, 1.165) is 25.9 Å². The third kappa shape index (κ3) is 5.17. The first kappa shape index (κ1) is 16.4. The number of rotatable bonds is 4. The molecule has 1 aliphatic carbocycles. The van der Waals surface area contributed by atoms with Crippen LogP contribution in [0.4, 0.5) is 0 Å². The average molecular weight is 237 g/mol. The monoisotopic (exact) mass is 237 g/mol. The van der Waals surface area contributed by atoms with Gasteiger partial charge in [0.2, 0.25) is 0 Å². The third-order valence-corrected chi connectivity index (χ3v) is 3.31. The number of hydrogen-bond donors (Lipinski definition) is 0. The van der Waals surface area contributed by atoms with Crippen LogP contribution in [0.25, 0.3) is 0 Å². The van der Waals surface area contributed by atoms with Gasteiger partial charge in [0.1, 0.15) is 6.10 Å². The molecule has 0 aromatic heterocycles. The van der Waals surface area contributed by atoms with Gasteiger partial charge in [-0.2, -0.15) is 0 Å². The van der Waals surface area contributed by atoms with E-state index >= 15 is 0 Å². The largest absolute Gasteiger partial charge is 1.00 e. The Labute approximate surface area is 123 Å². The maximum Gasteiger partial charge on any atom is 1.00 e. The summed E-state index contributed by atoms with van der Waals surface area (Å²) in [5.74, 6) is -0.138. The minimum Gasteiger partial charge on any atom is -1.00 e. The van der Waals surface area contributed by atoms with Crippen LogP contribution in [-0.4, -0.2) is 36.1 Å². The van der Waals surface area contributed by atoms with Gasteiger partial charge in [0.25, 0.3) is 0 Å². The zero-order valence-electron chi connectivity index (χ0n) is 12.2. The van der Waals surface area contributed by atoms with Gasteiger partial charge in [-0.1, -0.05) is 13.8 Å². The van der Waals surface area contributed by atoms with Crippen LogP contribution in [0.15, 0.2) is 0 Å². The van der Waals surface area contributed by atoms with E-state index in [1.54, 1.807) is 0 Å². The van der Waals surface area contributed by atoms with Crippen LogP contribution in [0.2, 0.25) is 0 Å². The van der Waals surface area contributed by atoms with Crippen LogP contribution < -0.4 is 29.6 Å². The molecule has 0 spiro atoms. The summed E-state index contributed by atoms with van der Waals surface area (Å²) in [5, 5.41) is 0. The van der Waals surface area contributed by atoms with E-state index in [4.69, 9.17) is 4.74 Å². The van der Waals surface area contributed by atoms with Crippen molar-refractivity contribution in [2.45, 2.75) is 58.6 Å². The van der Waals surface area contributed by atoms with E-state index in [-0.39, 0.29) is 43.1 Å². The number of nitrogens with zero attached hydrogens (tertiary/aromatic N) is 1. The standard InChI is InChI=1S/C12H23NO2.Na.H/c1-4-13(5-2)11-6-8-12(9-7-11)15-10(3)14;;/h11-12H,4-9H2,1-3H3;;/q;+1;-1. The molecular formula is C12H24NNaO2. The smallest absolute Gasteiger partial charge is 1.00 e. The Kier molecular flexibility index (Phi) is 8.74. The molecule has 1 fully saturated rings. The minimum absolute atomic E-state index is 0. The molecule has 0 amide bonds. The van der Waals surface area contributed by atoms with Gasteiger partial charge in [-0.15, -0.1) is 0 Å². The Morgan fingerprint density at radius 3 is 2.12 bits per heavy atom. The van der Waals surface area contributed by atoms with Gasteiger partial charge in [-0.25, -0.2) is 0 Å². The Morgan fingerprint density at radius 2 is 1.75 bits per heavy atom. The Balaban J connectivity index is 0. The molecule has 90 valence electrons. The molecule has 0 atom stereocenters. The quantitative estimate of drug-likeness (QED) is 0.479. The first-order valence-electron chi connectivity index (χ1n) is 6.08. The number of esters is 1. The van der Waals surface area contributed by atoms with Crippen molar-refractivity contribution in [2.75, 3.05) is 13.1 Å². The molecule has 1 saturated carbocycles. The summed E-state index contributed by atoms with van der Waals surface area (Å²) in [6.07, 6.45) is 4.56. The molecule has 16 heavy (non-hydrogen) atoms. The number of hydrogen-bond acceptors (Lipinski definition) is 3. The normalized spacial score (nSPS) is 25.0. The SMILES string of the molecule is CCN(CC)C1CCC(OC(C)=O)CC1.[H-].[Na+]. The summed E-state index contributed by atoms with van der Waals surface area (Å²) in [4.78, 5) is 13.3. The Bertz CT molecular complexity index is 205. The van der Waals surface area contributed by atoms with Crippen molar-refractivity contribution < 1.29 is 40.5 Å². The van der Waals surface area contributed by atoms with Crippen molar-refractivity contribution in [3.63, 3.8) is 0 Å². The van der Waals surface area contributed by atoms with Crippen molar-refractivity contribution in [2.24, 2.45) is 0 Å². The molecule has 0 aromatic rings. The molecule has 0 bridgehead atoms. The van der Waals surface area contributed by atoms with Crippen molar-refractivity contribution in [3.05, 3.63) is 0 Å². The number of carbonyl (C=O) groups is 1. The van der Waals surface area contributed by atoms with E-state index in [9.17, 15) is 4.79 Å². The molecule has 3 nitrogen and oxygen atoms in total. The second-order valence-corrected chi connectivity index (χ2v) is 4.26. The maximum atomic E-state index is 10.8. The topological polar surface area (TPSA) is 29.5 Å². The second kappa shape index (κ2) is 8.51. The average Bonchev–Trinajstić information content (AvgIpc) is 2.21. The molecule has 0 saturated heterocycles. The molecule has 1 rings (SSSR count). The van der Waals surface area contributed by atoms with Crippen LogP contribution in [0.1, 0.15) is 47.9 Å². The number of carbonyl (C=O) groups excluding carboxylic acids is 1. The molecule has 0 aromatic carbocycles. The van der Waals surface area contributed by atoms with Gasteiger partial charge in [-0.3, -0.25) is 4.79 Å².